The molecule has 23 heavy (non-hydrogen) atoms. The molecule has 0 spiro atoms. The molecule has 0 bridgehead atoms. The number of rotatable bonds is 6. The van der Waals surface area contributed by atoms with Gasteiger partial charge in [0.1, 0.15) is 12.4 Å². The van der Waals surface area contributed by atoms with Crippen LogP contribution >= 0.6 is 0 Å². The third-order valence-corrected chi connectivity index (χ3v) is 3.88. The highest BCUT2D eigenvalue weighted by Gasteiger charge is 2.06. The molecule has 2 aromatic carbocycles. The molecule has 1 amide bonds. The van der Waals surface area contributed by atoms with Crippen LogP contribution in [0.4, 0.5) is 0 Å². The Morgan fingerprint density at radius 1 is 0.957 bits per heavy atom. The molecule has 0 heterocycles. The van der Waals surface area contributed by atoms with Gasteiger partial charge in [0.25, 0.3) is 0 Å². The van der Waals surface area contributed by atoms with E-state index in [9.17, 15) is 4.79 Å². The largest absolute Gasteiger partial charge is 0.491 e. The van der Waals surface area contributed by atoms with E-state index in [0.29, 0.717) is 19.6 Å². The number of ether oxygens (including phenoxy) is 1. The van der Waals surface area contributed by atoms with Gasteiger partial charge < -0.3 is 10.1 Å². The van der Waals surface area contributed by atoms with Crippen molar-refractivity contribution in [3.63, 3.8) is 0 Å². The number of hydrogen-bond donors (Lipinski definition) is 1. The number of carbonyl (C=O) groups is 1. The highest BCUT2D eigenvalue weighted by Crippen LogP contribution is 2.18. The molecule has 0 fully saturated rings. The smallest absolute Gasteiger partial charge is 0.224 e. The van der Waals surface area contributed by atoms with Gasteiger partial charge in [-0.15, -0.1) is 0 Å². The van der Waals surface area contributed by atoms with Crippen LogP contribution in [-0.2, 0) is 11.2 Å². The Kier molecular flexibility index (Phi) is 5.80. The zero-order valence-electron chi connectivity index (χ0n) is 14.4. The Hall–Kier alpha value is -2.29. The van der Waals surface area contributed by atoms with Gasteiger partial charge in [-0.1, -0.05) is 35.9 Å². The summed E-state index contributed by atoms with van der Waals surface area (Å²) in [6.07, 6.45) is 0.414. The van der Waals surface area contributed by atoms with Crippen molar-refractivity contribution in [1.29, 1.82) is 0 Å². The van der Waals surface area contributed by atoms with Gasteiger partial charge in [0, 0.05) is 0 Å². The maximum absolute atomic E-state index is 12.0. The Labute approximate surface area is 138 Å². The van der Waals surface area contributed by atoms with Crippen LogP contribution in [-0.4, -0.2) is 19.1 Å². The van der Waals surface area contributed by atoms with Crippen molar-refractivity contribution >= 4 is 5.91 Å². The molecule has 1 N–H and O–H groups in total. The molecule has 0 aliphatic carbocycles. The van der Waals surface area contributed by atoms with Crippen LogP contribution < -0.4 is 10.1 Å². The van der Waals surface area contributed by atoms with Gasteiger partial charge in [0.2, 0.25) is 5.91 Å². The fourth-order valence-electron chi connectivity index (χ4n) is 2.44. The molecule has 2 rings (SSSR count). The summed E-state index contributed by atoms with van der Waals surface area (Å²) >= 11 is 0. The lowest BCUT2D eigenvalue weighted by Gasteiger charge is -2.11. The van der Waals surface area contributed by atoms with Gasteiger partial charge in [-0.3, -0.25) is 4.79 Å². The maximum Gasteiger partial charge on any atom is 0.224 e. The minimum absolute atomic E-state index is 0.0308. The highest BCUT2D eigenvalue weighted by atomic mass is 16.5. The van der Waals surface area contributed by atoms with E-state index >= 15 is 0 Å². The van der Waals surface area contributed by atoms with Gasteiger partial charge in [-0.05, 0) is 56.0 Å². The summed E-state index contributed by atoms with van der Waals surface area (Å²) in [4.78, 5) is 12.0. The predicted molar refractivity (Wildman–Crippen MR) is 94.0 cm³/mol. The summed E-state index contributed by atoms with van der Waals surface area (Å²) < 4.78 is 5.75. The lowest BCUT2D eigenvalue weighted by molar-refractivity contribution is -0.120. The van der Waals surface area contributed by atoms with Crippen LogP contribution in [0.25, 0.3) is 0 Å². The van der Waals surface area contributed by atoms with Crippen molar-refractivity contribution in [3.8, 4) is 5.75 Å². The number of benzene rings is 2. The van der Waals surface area contributed by atoms with Gasteiger partial charge in [-0.25, -0.2) is 0 Å². The quantitative estimate of drug-likeness (QED) is 0.827. The van der Waals surface area contributed by atoms with Crippen molar-refractivity contribution in [2.45, 2.75) is 34.1 Å². The average molecular weight is 311 g/mol. The van der Waals surface area contributed by atoms with Crippen molar-refractivity contribution in [2.75, 3.05) is 13.2 Å². The standard InChI is InChI=1S/C20H25NO2/c1-14-5-7-16(3)18(11-14)13-20(22)21-9-10-23-19-12-15(2)6-8-17(19)4/h5-8,11-12H,9-10,13H2,1-4H3,(H,21,22). The monoisotopic (exact) mass is 311 g/mol. The van der Waals surface area contributed by atoms with Crippen molar-refractivity contribution < 1.29 is 9.53 Å². The molecule has 0 radical (unpaired) electrons. The number of amides is 1. The molecular weight excluding hydrogens is 286 g/mol. The lowest BCUT2D eigenvalue weighted by Crippen LogP contribution is -2.29. The van der Waals surface area contributed by atoms with E-state index in [-0.39, 0.29) is 5.91 Å². The second-order valence-electron chi connectivity index (χ2n) is 6.07. The fraction of sp³-hybridized carbons (Fsp3) is 0.350. The Bertz CT molecular complexity index is 692. The van der Waals surface area contributed by atoms with Crippen LogP contribution in [0, 0.1) is 27.7 Å². The molecule has 2 aromatic rings. The molecule has 3 nitrogen and oxygen atoms in total. The number of carbonyl (C=O) groups excluding carboxylic acids is 1. The maximum atomic E-state index is 12.0. The van der Waals surface area contributed by atoms with Crippen molar-refractivity contribution in [3.05, 3.63) is 64.2 Å². The van der Waals surface area contributed by atoms with E-state index in [1.807, 2.05) is 39.8 Å². The SMILES string of the molecule is Cc1ccc(C)c(CC(=O)NCCOc2cc(C)ccc2C)c1. The van der Waals surface area contributed by atoms with Gasteiger partial charge >= 0.3 is 0 Å². The third-order valence-electron chi connectivity index (χ3n) is 3.88. The molecule has 0 aromatic heterocycles. The van der Waals surface area contributed by atoms with Crippen molar-refractivity contribution in [2.24, 2.45) is 0 Å². The van der Waals surface area contributed by atoms with E-state index in [2.05, 4.69) is 29.6 Å². The molecule has 0 unspecified atom stereocenters. The predicted octanol–water partition coefficient (Wildman–Crippen LogP) is 3.66. The first-order valence-corrected chi connectivity index (χ1v) is 7.98. The highest BCUT2D eigenvalue weighted by molar-refractivity contribution is 5.78. The number of hydrogen-bond acceptors (Lipinski definition) is 2. The van der Waals surface area contributed by atoms with Crippen LogP contribution in [0.5, 0.6) is 5.75 Å². The molecule has 0 aliphatic heterocycles. The van der Waals surface area contributed by atoms with Crippen LogP contribution in [0.3, 0.4) is 0 Å². The molecule has 122 valence electrons. The van der Waals surface area contributed by atoms with Crippen LogP contribution in [0.1, 0.15) is 27.8 Å². The van der Waals surface area contributed by atoms with Crippen LogP contribution in [0.2, 0.25) is 0 Å². The summed E-state index contributed by atoms with van der Waals surface area (Å²) in [7, 11) is 0. The van der Waals surface area contributed by atoms with Gasteiger partial charge in [0.05, 0.1) is 13.0 Å². The van der Waals surface area contributed by atoms with E-state index in [0.717, 1.165) is 22.4 Å². The Morgan fingerprint density at radius 3 is 2.35 bits per heavy atom. The second kappa shape index (κ2) is 7.82. The van der Waals surface area contributed by atoms with Gasteiger partial charge in [-0.2, -0.15) is 0 Å². The number of nitrogens with one attached hydrogen (secondary N) is 1. The van der Waals surface area contributed by atoms with Crippen molar-refractivity contribution in [1.82, 2.24) is 5.32 Å². The van der Waals surface area contributed by atoms with Gasteiger partial charge in [0.15, 0.2) is 0 Å². The first-order chi connectivity index (χ1) is 11.0. The fourth-order valence-corrected chi connectivity index (χ4v) is 2.44. The molecule has 3 heteroatoms. The van der Waals surface area contributed by atoms with E-state index in [1.54, 1.807) is 0 Å². The zero-order valence-corrected chi connectivity index (χ0v) is 14.4. The first-order valence-electron chi connectivity index (χ1n) is 7.98. The normalized spacial score (nSPS) is 10.4. The molecule has 0 atom stereocenters. The average Bonchev–Trinajstić information content (AvgIpc) is 2.50. The molecule has 0 saturated carbocycles. The Morgan fingerprint density at radius 2 is 1.61 bits per heavy atom. The molecule has 0 aliphatic rings. The van der Waals surface area contributed by atoms with E-state index in [1.165, 1.54) is 11.1 Å². The first kappa shape index (κ1) is 17.1. The minimum atomic E-state index is 0.0308. The summed E-state index contributed by atoms with van der Waals surface area (Å²) in [5.41, 5.74) is 5.69. The third kappa shape index (κ3) is 5.13. The lowest BCUT2D eigenvalue weighted by atomic mass is 10.0. The summed E-state index contributed by atoms with van der Waals surface area (Å²) in [5.74, 6) is 0.914. The Balaban J connectivity index is 1.79. The topological polar surface area (TPSA) is 38.3 Å². The number of aryl methyl sites for hydroxylation is 4. The summed E-state index contributed by atoms with van der Waals surface area (Å²) in [6.45, 7) is 9.12. The molecule has 0 saturated heterocycles. The molecular formula is C20H25NO2. The zero-order chi connectivity index (χ0) is 16.8. The summed E-state index contributed by atoms with van der Waals surface area (Å²) in [5, 5.41) is 2.92. The van der Waals surface area contributed by atoms with Crippen LogP contribution in [0.15, 0.2) is 36.4 Å². The second-order valence-corrected chi connectivity index (χ2v) is 6.07. The minimum Gasteiger partial charge on any atom is -0.491 e. The van der Waals surface area contributed by atoms with E-state index < -0.39 is 0 Å². The van der Waals surface area contributed by atoms with E-state index in [4.69, 9.17) is 4.74 Å². The summed E-state index contributed by atoms with van der Waals surface area (Å²) in [6, 6.07) is 12.3.